The zero-order chi connectivity index (χ0) is 25.9. The Morgan fingerprint density at radius 1 is 1.24 bits per heavy atom. The number of oxazole rings is 2. The van der Waals surface area contributed by atoms with Crippen molar-refractivity contribution in [3.63, 3.8) is 0 Å². The van der Waals surface area contributed by atoms with Crippen LogP contribution in [-0.2, 0) is 6.54 Å². The highest BCUT2D eigenvalue weighted by atomic mass is 19.4. The number of alkyl halides is 3. The van der Waals surface area contributed by atoms with Crippen LogP contribution in [0.15, 0.2) is 33.4 Å². The van der Waals surface area contributed by atoms with E-state index in [1.165, 1.54) is 6.39 Å². The van der Waals surface area contributed by atoms with Crippen molar-refractivity contribution >= 4 is 23.0 Å². The molecule has 3 aliphatic rings. The van der Waals surface area contributed by atoms with Gasteiger partial charge in [-0.15, -0.1) is 0 Å². The third kappa shape index (κ3) is 4.76. The van der Waals surface area contributed by atoms with Gasteiger partial charge in [-0.05, 0) is 68.1 Å². The molecule has 37 heavy (non-hydrogen) atoms. The lowest BCUT2D eigenvalue weighted by Crippen LogP contribution is -2.40. The van der Waals surface area contributed by atoms with Gasteiger partial charge in [0.05, 0.1) is 12.2 Å². The predicted molar refractivity (Wildman–Crippen MR) is 123 cm³/mol. The Balaban J connectivity index is 1.26. The van der Waals surface area contributed by atoms with E-state index in [4.69, 9.17) is 13.8 Å². The van der Waals surface area contributed by atoms with E-state index < -0.39 is 30.8 Å². The van der Waals surface area contributed by atoms with Crippen LogP contribution in [0.25, 0.3) is 11.1 Å². The molecular formula is C25H26F3N5O4. The van der Waals surface area contributed by atoms with Gasteiger partial charge < -0.3 is 24.4 Å². The fraction of sp³-hybridized carbons (Fsp3) is 0.520. The second-order valence-electron chi connectivity index (χ2n) is 10.2. The SMILES string of the molecule is Cc1ncoc1C(=O)N[C@H](c1nc2cc(CN3C[C@@H](C(F)(F)F)NC3=O)ccc2o1)C(C1CC1)C1CC1. The van der Waals surface area contributed by atoms with E-state index in [0.29, 0.717) is 40.1 Å². The van der Waals surface area contributed by atoms with Crippen molar-refractivity contribution in [3.05, 3.63) is 47.5 Å². The lowest BCUT2D eigenvalue weighted by Gasteiger charge is -2.25. The summed E-state index contributed by atoms with van der Waals surface area (Å²) in [6.45, 7) is 1.25. The van der Waals surface area contributed by atoms with Crippen molar-refractivity contribution in [1.82, 2.24) is 25.5 Å². The highest BCUT2D eigenvalue weighted by Crippen LogP contribution is 2.54. The van der Waals surface area contributed by atoms with Gasteiger partial charge in [0.15, 0.2) is 12.0 Å². The molecule has 2 saturated carbocycles. The summed E-state index contributed by atoms with van der Waals surface area (Å²) < 4.78 is 50.5. The number of carbonyl (C=O) groups excluding carboxylic acids is 2. The van der Waals surface area contributed by atoms with Crippen molar-refractivity contribution in [2.75, 3.05) is 6.54 Å². The Bertz CT molecular complexity index is 1330. The molecule has 2 aliphatic carbocycles. The normalized spacial score (nSPS) is 21.1. The molecule has 2 aromatic heterocycles. The van der Waals surface area contributed by atoms with Crippen molar-refractivity contribution in [2.24, 2.45) is 17.8 Å². The molecule has 12 heteroatoms. The van der Waals surface area contributed by atoms with E-state index in [0.717, 1.165) is 30.6 Å². The molecule has 1 aromatic carbocycles. The number of aromatic nitrogens is 2. The molecule has 196 valence electrons. The molecule has 9 nitrogen and oxygen atoms in total. The van der Waals surface area contributed by atoms with E-state index in [-0.39, 0.29) is 24.1 Å². The number of fused-ring (bicyclic) bond motifs is 1. The lowest BCUT2D eigenvalue weighted by atomic mass is 9.89. The summed E-state index contributed by atoms with van der Waals surface area (Å²) in [7, 11) is 0. The van der Waals surface area contributed by atoms with Crippen LogP contribution in [-0.4, -0.2) is 45.6 Å². The Labute approximate surface area is 209 Å². The second-order valence-corrected chi connectivity index (χ2v) is 10.2. The van der Waals surface area contributed by atoms with Crippen LogP contribution in [0.1, 0.15) is 59.4 Å². The van der Waals surface area contributed by atoms with Crippen molar-refractivity contribution in [3.8, 4) is 0 Å². The third-order valence-corrected chi connectivity index (χ3v) is 7.45. The topological polar surface area (TPSA) is 114 Å². The standard InChI is InChI=1S/C25H26F3N5O4/c1-12-21(36-11-29-12)22(34)32-20(19(14-3-4-14)15-5-6-15)23-30-16-8-13(2-7-17(16)37-23)9-33-10-18(25(26,27)28)31-24(33)35/h2,7-8,11,14-15,18-20H,3-6,9-10H2,1H3,(H,31,35)(H,32,34)/t18-,20-/m0/s1. The maximum absolute atomic E-state index is 13.1. The summed E-state index contributed by atoms with van der Waals surface area (Å²) in [4.78, 5) is 34.9. The van der Waals surface area contributed by atoms with Gasteiger partial charge in [0, 0.05) is 6.54 Å². The van der Waals surface area contributed by atoms with Crippen LogP contribution in [0, 0.1) is 24.7 Å². The van der Waals surface area contributed by atoms with Crippen LogP contribution < -0.4 is 10.6 Å². The number of amides is 3. The number of aryl methyl sites for hydroxylation is 1. The van der Waals surface area contributed by atoms with E-state index >= 15 is 0 Å². The molecule has 1 aliphatic heterocycles. The Kier molecular flexibility index (Phi) is 5.64. The Morgan fingerprint density at radius 3 is 2.57 bits per heavy atom. The highest BCUT2D eigenvalue weighted by Gasteiger charge is 2.49. The van der Waals surface area contributed by atoms with Crippen LogP contribution in [0.5, 0.6) is 0 Å². The molecule has 3 amide bonds. The molecule has 3 aromatic rings. The number of benzene rings is 1. The van der Waals surface area contributed by atoms with Gasteiger partial charge in [-0.1, -0.05) is 6.07 Å². The van der Waals surface area contributed by atoms with Gasteiger partial charge >= 0.3 is 12.2 Å². The first-order chi connectivity index (χ1) is 17.7. The van der Waals surface area contributed by atoms with Gasteiger partial charge in [-0.2, -0.15) is 13.2 Å². The smallest absolute Gasteiger partial charge is 0.410 e. The molecule has 0 bridgehead atoms. The minimum Gasteiger partial charge on any atom is -0.438 e. The van der Waals surface area contributed by atoms with Crippen LogP contribution >= 0.6 is 0 Å². The summed E-state index contributed by atoms with van der Waals surface area (Å²) in [5.74, 6) is 1.30. The van der Waals surface area contributed by atoms with E-state index in [1.54, 1.807) is 25.1 Å². The number of carbonyl (C=O) groups is 2. The summed E-state index contributed by atoms with van der Waals surface area (Å²) in [5, 5.41) is 5.06. The quantitative estimate of drug-likeness (QED) is 0.455. The number of urea groups is 1. The molecule has 1 saturated heterocycles. The number of halogens is 3. The summed E-state index contributed by atoms with van der Waals surface area (Å²) in [6, 6.07) is 2.01. The number of nitrogens with one attached hydrogen (secondary N) is 2. The van der Waals surface area contributed by atoms with Gasteiger partial charge in [-0.25, -0.2) is 14.8 Å². The number of nitrogens with zero attached hydrogens (tertiary/aromatic N) is 3. The Morgan fingerprint density at radius 2 is 1.97 bits per heavy atom. The molecule has 2 atom stereocenters. The van der Waals surface area contributed by atoms with Gasteiger partial charge in [0.25, 0.3) is 5.91 Å². The fourth-order valence-electron chi connectivity index (χ4n) is 5.29. The molecule has 2 N–H and O–H groups in total. The van der Waals surface area contributed by atoms with Crippen molar-refractivity contribution in [2.45, 2.75) is 57.4 Å². The van der Waals surface area contributed by atoms with E-state index in [1.807, 2.05) is 5.32 Å². The molecule has 3 heterocycles. The van der Waals surface area contributed by atoms with Crippen molar-refractivity contribution in [1.29, 1.82) is 0 Å². The summed E-state index contributed by atoms with van der Waals surface area (Å²) in [5.41, 5.74) is 2.13. The van der Waals surface area contributed by atoms with Crippen LogP contribution in [0.2, 0.25) is 0 Å². The average Bonchev–Trinajstić information content (AvgIpc) is 3.74. The zero-order valence-corrected chi connectivity index (χ0v) is 20.0. The first-order valence-corrected chi connectivity index (χ1v) is 12.4. The number of hydrogen-bond acceptors (Lipinski definition) is 6. The predicted octanol–water partition coefficient (Wildman–Crippen LogP) is 4.49. The van der Waals surface area contributed by atoms with Crippen molar-refractivity contribution < 1.29 is 31.6 Å². The second kappa shape index (κ2) is 8.77. The third-order valence-electron chi connectivity index (χ3n) is 7.45. The molecule has 3 fully saturated rings. The minimum atomic E-state index is -4.50. The molecule has 0 spiro atoms. The lowest BCUT2D eigenvalue weighted by molar-refractivity contribution is -0.149. The largest absolute Gasteiger partial charge is 0.438 e. The van der Waals surface area contributed by atoms with Crippen LogP contribution in [0.4, 0.5) is 18.0 Å². The van der Waals surface area contributed by atoms with Gasteiger partial charge in [0.2, 0.25) is 11.7 Å². The number of rotatable bonds is 8. The molecule has 6 rings (SSSR count). The summed E-state index contributed by atoms with van der Waals surface area (Å²) >= 11 is 0. The van der Waals surface area contributed by atoms with Crippen LogP contribution in [0.3, 0.4) is 0 Å². The monoisotopic (exact) mass is 517 g/mol. The highest BCUT2D eigenvalue weighted by molar-refractivity contribution is 5.92. The van der Waals surface area contributed by atoms with Gasteiger partial charge in [0.1, 0.15) is 17.6 Å². The Hall–Kier alpha value is -3.57. The minimum absolute atomic E-state index is 0.00819. The molecule has 0 radical (unpaired) electrons. The van der Waals surface area contributed by atoms with E-state index in [2.05, 4.69) is 10.3 Å². The molecular weight excluding hydrogens is 491 g/mol. The van der Waals surface area contributed by atoms with Gasteiger partial charge in [-0.3, -0.25) is 4.79 Å². The van der Waals surface area contributed by atoms with E-state index in [9.17, 15) is 22.8 Å². The zero-order valence-electron chi connectivity index (χ0n) is 20.0. The molecule has 0 unspecified atom stereocenters. The maximum atomic E-state index is 13.1. The first kappa shape index (κ1) is 23.8. The fourth-order valence-corrected chi connectivity index (χ4v) is 5.29. The maximum Gasteiger partial charge on any atom is 0.410 e. The first-order valence-electron chi connectivity index (χ1n) is 12.4. The summed E-state index contributed by atoms with van der Waals surface area (Å²) in [6.07, 6.45) is 1.11. The number of hydrogen-bond donors (Lipinski definition) is 2. The average molecular weight is 518 g/mol.